The summed E-state index contributed by atoms with van der Waals surface area (Å²) in [4.78, 5) is 23.9. The number of piperidine rings is 1. The molecule has 128 valence electrons. The Balaban J connectivity index is 1.73. The summed E-state index contributed by atoms with van der Waals surface area (Å²) in [5, 5.41) is 3.94. The van der Waals surface area contributed by atoms with E-state index in [2.05, 4.69) is 20.2 Å². The zero-order valence-electron chi connectivity index (χ0n) is 14.2. The fourth-order valence-electron chi connectivity index (χ4n) is 3.98. The minimum Gasteiger partial charge on any atom is -0.442 e. The Morgan fingerprint density at radius 1 is 1.17 bits per heavy atom. The predicted molar refractivity (Wildman–Crippen MR) is 92.3 cm³/mol. The number of aryl methyl sites for hydroxylation is 1. The van der Waals surface area contributed by atoms with Gasteiger partial charge in [0.15, 0.2) is 0 Å². The standard InChI is InChI=1S/C18H24N4O2/c1-12-14(17(23)21-13-7-3-4-8-13)15-16(19-11-20-18(15)24-12)22-9-5-2-6-10-22/h11,13H,2-10H2,1H3,(H,21,23). The van der Waals surface area contributed by atoms with Crippen LogP contribution in [0.1, 0.15) is 61.1 Å². The Bertz CT molecular complexity index is 743. The van der Waals surface area contributed by atoms with Crippen molar-refractivity contribution in [2.45, 2.75) is 57.9 Å². The highest BCUT2D eigenvalue weighted by Crippen LogP contribution is 2.32. The number of anilines is 1. The maximum Gasteiger partial charge on any atom is 0.255 e. The Hall–Kier alpha value is -2.11. The third-order valence-electron chi connectivity index (χ3n) is 5.22. The van der Waals surface area contributed by atoms with E-state index in [4.69, 9.17) is 4.42 Å². The van der Waals surface area contributed by atoms with Gasteiger partial charge in [-0.15, -0.1) is 0 Å². The first-order chi connectivity index (χ1) is 11.7. The molecule has 2 aromatic rings. The summed E-state index contributed by atoms with van der Waals surface area (Å²) in [5.74, 6) is 1.42. The van der Waals surface area contributed by atoms with Crippen LogP contribution in [0.3, 0.4) is 0 Å². The van der Waals surface area contributed by atoms with Gasteiger partial charge in [0.1, 0.15) is 17.9 Å². The number of aromatic nitrogens is 2. The molecule has 4 rings (SSSR count). The maximum atomic E-state index is 12.9. The van der Waals surface area contributed by atoms with Crippen LogP contribution in [0.2, 0.25) is 0 Å². The van der Waals surface area contributed by atoms with Gasteiger partial charge in [0.05, 0.1) is 10.9 Å². The van der Waals surface area contributed by atoms with E-state index in [-0.39, 0.29) is 11.9 Å². The summed E-state index contributed by atoms with van der Waals surface area (Å²) >= 11 is 0. The van der Waals surface area contributed by atoms with Crippen LogP contribution < -0.4 is 10.2 Å². The van der Waals surface area contributed by atoms with Crippen LogP contribution in [0.5, 0.6) is 0 Å². The van der Waals surface area contributed by atoms with Gasteiger partial charge in [-0.2, -0.15) is 0 Å². The molecule has 0 spiro atoms. The van der Waals surface area contributed by atoms with Crippen molar-refractivity contribution < 1.29 is 9.21 Å². The average Bonchev–Trinajstić information content (AvgIpc) is 3.21. The maximum absolute atomic E-state index is 12.9. The van der Waals surface area contributed by atoms with Crippen LogP contribution in [0.4, 0.5) is 5.82 Å². The van der Waals surface area contributed by atoms with E-state index in [1.165, 1.54) is 25.6 Å². The Morgan fingerprint density at radius 2 is 1.92 bits per heavy atom. The molecule has 6 heteroatoms. The average molecular weight is 328 g/mol. The highest BCUT2D eigenvalue weighted by Gasteiger charge is 2.27. The highest BCUT2D eigenvalue weighted by atomic mass is 16.3. The van der Waals surface area contributed by atoms with Gasteiger partial charge in [-0.3, -0.25) is 4.79 Å². The van der Waals surface area contributed by atoms with Crippen LogP contribution in [0.15, 0.2) is 10.7 Å². The lowest BCUT2D eigenvalue weighted by atomic mass is 10.1. The molecular weight excluding hydrogens is 304 g/mol. The molecular formula is C18H24N4O2. The van der Waals surface area contributed by atoms with Gasteiger partial charge in [0, 0.05) is 19.1 Å². The number of hydrogen-bond donors (Lipinski definition) is 1. The van der Waals surface area contributed by atoms with E-state index in [0.717, 1.165) is 50.0 Å². The summed E-state index contributed by atoms with van der Waals surface area (Å²) < 4.78 is 5.78. The fraction of sp³-hybridized carbons (Fsp3) is 0.611. The van der Waals surface area contributed by atoms with E-state index < -0.39 is 0 Å². The molecule has 2 aromatic heterocycles. The van der Waals surface area contributed by atoms with Gasteiger partial charge in [-0.1, -0.05) is 12.8 Å². The second kappa shape index (κ2) is 6.42. The largest absolute Gasteiger partial charge is 0.442 e. The minimum atomic E-state index is -0.0498. The van der Waals surface area contributed by atoms with Crippen LogP contribution in [-0.4, -0.2) is 35.0 Å². The van der Waals surface area contributed by atoms with Gasteiger partial charge in [0.2, 0.25) is 5.71 Å². The van der Waals surface area contributed by atoms with Gasteiger partial charge in [-0.25, -0.2) is 9.97 Å². The third kappa shape index (κ3) is 2.74. The number of amides is 1. The van der Waals surface area contributed by atoms with Crippen molar-refractivity contribution in [2.24, 2.45) is 0 Å². The first-order valence-electron chi connectivity index (χ1n) is 9.04. The molecule has 1 N–H and O–H groups in total. The van der Waals surface area contributed by atoms with Crippen molar-refractivity contribution in [3.05, 3.63) is 17.7 Å². The number of nitrogens with zero attached hydrogens (tertiary/aromatic N) is 3. The first kappa shape index (κ1) is 15.4. The number of nitrogens with one attached hydrogen (secondary N) is 1. The van der Waals surface area contributed by atoms with Gasteiger partial charge < -0.3 is 14.6 Å². The molecule has 1 amide bonds. The predicted octanol–water partition coefficient (Wildman–Crippen LogP) is 3.19. The molecule has 0 aromatic carbocycles. The molecule has 24 heavy (non-hydrogen) atoms. The second-order valence-electron chi connectivity index (χ2n) is 6.91. The van der Waals surface area contributed by atoms with Crippen molar-refractivity contribution in [2.75, 3.05) is 18.0 Å². The molecule has 1 aliphatic heterocycles. The molecule has 2 fully saturated rings. The number of carbonyl (C=O) groups is 1. The number of hydrogen-bond acceptors (Lipinski definition) is 5. The molecule has 3 heterocycles. The van der Waals surface area contributed by atoms with E-state index in [0.29, 0.717) is 17.0 Å². The molecule has 2 aliphatic rings. The number of furan rings is 1. The van der Waals surface area contributed by atoms with Gasteiger partial charge in [-0.05, 0) is 39.0 Å². The quantitative estimate of drug-likeness (QED) is 0.937. The van der Waals surface area contributed by atoms with Gasteiger partial charge in [0.25, 0.3) is 5.91 Å². The number of carbonyl (C=O) groups excluding carboxylic acids is 1. The first-order valence-corrected chi connectivity index (χ1v) is 9.04. The topological polar surface area (TPSA) is 71.3 Å². The van der Waals surface area contributed by atoms with E-state index in [1.54, 1.807) is 0 Å². The molecule has 6 nitrogen and oxygen atoms in total. The highest BCUT2D eigenvalue weighted by molar-refractivity contribution is 6.10. The van der Waals surface area contributed by atoms with Gasteiger partial charge >= 0.3 is 0 Å². The second-order valence-corrected chi connectivity index (χ2v) is 6.91. The normalized spacial score (nSPS) is 19.1. The SMILES string of the molecule is Cc1oc2ncnc(N3CCCCC3)c2c1C(=O)NC1CCCC1. The summed E-state index contributed by atoms with van der Waals surface area (Å²) in [6.07, 6.45) is 9.62. The molecule has 0 bridgehead atoms. The van der Waals surface area contributed by atoms with Crippen molar-refractivity contribution in [3.8, 4) is 0 Å². The van der Waals surface area contributed by atoms with Crippen LogP contribution in [-0.2, 0) is 0 Å². The van der Waals surface area contributed by atoms with Crippen molar-refractivity contribution in [1.82, 2.24) is 15.3 Å². The Morgan fingerprint density at radius 3 is 2.67 bits per heavy atom. The third-order valence-corrected chi connectivity index (χ3v) is 5.22. The molecule has 0 unspecified atom stereocenters. The molecule has 0 radical (unpaired) electrons. The lowest BCUT2D eigenvalue weighted by Gasteiger charge is -2.28. The van der Waals surface area contributed by atoms with E-state index in [9.17, 15) is 4.79 Å². The van der Waals surface area contributed by atoms with E-state index in [1.807, 2.05) is 6.92 Å². The lowest BCUT2D eigenvalue weighted by Crippen LogP contribution is -2.33. The Labute approximate surface area is 141 Å². The molecule has 1 saturated carbocycles. The number of fused-ring (bicyclic) bond motifs is 1. The number of rotatable bonds is 3. The molecule has 0 atom stereocenters. The lowest BCUT2D eigenvalue weighted by molar-refractivity contribution is 0.0938. The molecule has 1 saturated heterocycles. The van der Waals surface area contributed by atoms with Crippen LogP contribution in [0.25, 0.3) is 11.1 Å². The Kier molecular flexibility index (Phi) is 4.12. The zero-order chi connectivity index (χ0) is 16.5. The van der Waals surface area contributed by atoms with Crippen LogP contribution >= 0.6 is 0 Å². The van der Waals surface area contributed by atoms with E-state index >= 15 is 0 Å². The van der Waals surface area contributed by atoms with Crippen molar-refractivity contribution >= 4 is 22.8 Å². The zero-order valence-corrected chi connectivity index (χ0v) is 14.2. The fourth-order valence-corrected chi connectivity index (χ4v) is 3.98. The summed E-state index contributed by atoms with van der Waals surface area (Å²) in [7, 11) is 0. The van der Waals surface area contributed by atoms with Crippen molar-refractivity contribution in [3.63, 3.8) is 0 Å². The smallest absolute Gasteiger partial charge is 0.255 e. The molecule has 1 aliphatic carbocycles. The summed E-state index contributed by atoms with van der Waals surface area (Å²) in [5.41, 5.74) is 1.12. The van der Waals surface area contributed by atoms with Crippen LogP contribution in [0, 0.1) is 6.92 Å². The summed E-state index contributed by atoms with van der Waals surface area (Å²) in [6, 6.07) is 0.282. The monoisotopic (exact) mass is 328 g/mol. The summed E-state index contributed by atoms with van der Waals surface area (Å²) in [6.45, 7) is 3.78. The minimum absolute atomic E-state index is 0.0498. The van der Waals surface area contributed by atoms with Crippen molar-refractivity contribution in [1.29, 1.82) is 0 Å².